The Morgan fingerprint density at radius 2 is 2.26 bits per heavy atom. The minimum Gasteiger partial charge on any atom is -0.376 e. The highest BCUT2D eigenvalue weighted by atomic mass is 32.1. The number of aromatic nitrogens is 2. The van der Waals surface area contributed by atoms with Crippen LogP contribution in [0.2, 0.25) is 0 Å². The molecule has 0 bridgehead atoms. The van der Waals surface area contributed by atoms with Crippen LogP contribution in [0.5, 0.6) is 0 Å². The highest BCUT2D eigenvalue weighted by molar-refractivity contribution is 7.10. The molecule has 1 aliphatic heterocycles. The van der Waals surface area contributed by atoms with Gasteiger partial charge in [-0.05, 0) is 39.4 Å². The van der Waals surface area contributed by atoms with E-state index in [1.54, 1.807) is 11.3 Å². The average Bonchev–Trinajstić information content (AvgIpc) is 3.40. The number of likely N-dealkylation sites (N-methyl/N-ethyl adjacent to an activating group) is 1. The molecule has 0 saturated carbocycles. The molecule has 2 N–H and O–H groups in total. The predicted octanol–water partition coefficient (Wildman–Crippen LogP) is 2.10. The Kier molecular flexibility index (Phi) is 8.89. The number of hydrogen-bond acceptors (Lipinski definition) is 6. The standard InChI is InChI=1S/C22H37N7OS/c1-6-23-22(24-13-19(27(3)4)18-12-26-28(5)16-18)25-14-20(21-8-7-11-31-21)29-9-10-30-17(2)15-29/h7-8,11-12,16-17,19-20H,6,9-10,13-15H2,1-5H3,(H2,23,24,25). The lowest BCUT2D eigenvalue weighted by molar-refractivity contribution is -0.0327. The van der Waals surface area contributed by atoms with E-state index in [1.807, 2.05) is 17.9 Å². The third-order valence-electron chi connectivity index (χ3n) is 5.55. The van der Waals surface area contributed by atoms with Crippen LogP contribution in [0.15, 0.2) is 34.9 Å². The number of ether oxygens (including phenoxy) is 1. The van der Waals surface area contributed by atoms with E-state index in [2.05, 4.69) is 77.2 Å². The Labute approximate surface area is 190 Å². The largest absolute Gasteiger partial charge is 0.376 e. The van der Waals surface area contributed by atoms with Crippen molar-refractivity contribution < 1.29 is 4.74 Å². The van der Waals surface area contributed by atoms with Gasteiger partial charge < -0.3 is 20.3 Å². The van der Waals surface area contributed by atoms with Crippen LogP contribution >= 0.6 is 11.3 Å². The maximum Gasteiger partial charge on any atom is 0.191 e. The molecule has 2 aromatic heterocycles. The van der Waals surface area contributed by atoms with Gasteiger partial charge in [0.25, 0.3) is 0 Å². The van der Waals surface area contributed by atoms with Crippen LogP contribution in [-0.2, 0) is 11.8 Å². The highest BCUT2D eigenvalue weighted by Gasteiger charge is 2.26. The second-order valence-electron chi connectivity index (χ2n) is 8.23. The minimum absolute atomic E-state index is 0.214. The third-order valence-corrected chi connectivity index (χ3v) is 6.52. The second kappa shape index (κ2) is 11.6. The first-order chi connectivity index (χ1) is 15.0. The van der Waals surface area contributed by atoms with Crippen LogP contribution in [0.1, 0.15) is 36.4 Å². The fourth-order valence-corrected chi connectivity index (χ4v) is 4.77. The number of thiophene rings is 1. The summed E-state index contributed by atoms with van der Waals surface area (Å²) in [5.41, 5.74) is 1.19. The van der Waals surface area contributed by atoms with Gasteiger partial charge in [-0.2, -0.15) is 5.10 Å². The van der Waals surface area contributed by atoms with Crippen LogP contribution in [-0.4, -0.2) is 85.1 Å². The van der Waals surface area contributed by atoms with Crippen molar-refractivity contribution in [3.63, 3.8) is 0 Å². The molecule has 3 atom stereocenters. The maximum atomic E-state index is 5.76. The average molecular weight is 448 g/mol. The number of aliphatic imine (C=N–C) groups is 1. The van der Waals surface area contributed by atoms with Gasteiger partial charge in [0.2, 0.25) is 0 Å². The molecule has 0 radical (unpaired) electrons. The van der Waals surface area contributed by atoms with E-state index < -0.39 is 0 Å². The Hall–Kier alpha value is -1.94. The molecule has 0 aromatic carbocycles. The van der Waals surface area contributed by atoms with E-state index in [-0.39, 0.29) is 18.2 Å². The molecule has 3 heterocycles. The molecule has 1 saturated heterocycles. The van der Waals surface area contributed by atoms with E-state index >= 15 is 0 Å². The lowest BCUT2D eigenvalue weighted by Crippen LogP contribution is -2.45. The van der Waals surface area contributed by atoms with Crippen molar-refractivity contribution in [1.29, 1.82) is 0 Å². The van der Waals surface area contributed by atoms with Crippen LogP contribution in [0, 0.1) is 0 Å². The molecule has 3 unspecified atom stereocenters. The van der Waals surface area contributed by atoms with Gasteiger partial charge in [-0.15, -0.1) is 11.3 Å². The predicted molar refractivity (Wildman–Crippen MR) is 128 cm³/mol. The molecule has 8 nitrogen and oxygen atoms in total. The third kappa shape index (κ3) is 6.77. The van der Waals surface area contributed by atoms with Crippen molar-refractivity contribution in [3.05, 3.63) is 40.3 Å². The van der Waals surface area contributed by atoms with Crippen LogP contribution in [0.25, 0.3) is 0 Å². The first-order valence-corrected chi connectivity index (χ1v) is 11.9. The number of morpholine rings is 1. The second-order valence-corrected chi connectivity index (χ2v) is 9.21. The summed E-state index contributed by atoms with van der Waals surface area (Å²) >= 11 is 1.80. The molecule has 1 fully saturated rings. The maximum absolute atomic E-state index is 5.76. The molecular weight excluding hydrogens is 410 g/mol. The van der Waals surface area contributed by atoms with Gasteiger partial charge in [-0.25, -0.2) is 0 Å². The Morgan fingerprint density at radius 1 is 1.42 bits per heavy atom. The zero-order valence-corrected chi connectivity index (χ0v) is 20.2. The first kappa shape index (κ1) is 23.7. The normalized spacial score (nSPS) is 20.1. The first-order valence-electron chi connectivity index (χ1n) is 11.0. The number of rotatable bonds is 9. The van der Waals surface area contributed by atoms with Crippen molar-refractivity contribution >= 4 is 17.3 Å². The fourth-order valence-electron chi connectivity index (χ4n) is 3.92. The Bertz CT molecular complexity index is 805. The lowest BCUT2D eigenvalue weighted by Gasteiger charge is -2.36. The van der Waals surface area contributed by atoms with E-state index in [9.17, 15) is 0 Å². The fraction of sp³-hybridized carbons (Fsp3) is 0.636. The smallest absolute Gasteiger partial charge is 0.191 e. The lowest BCUT2D eigenvalue weighted by atomic mass is 10.1. The molecule has 2 aromatic rings. The van der Waals surface area contributed by atoms with Crippen molar-refractivity contribution in [2.24, 2.45) is 12.0 Å². The van der Waals surface area contributed by atoms with Gasteiger partial charge in [-0.1, -0.05) is 6.07 Å². The van der Waals surface area contributed by atoms with Crippen molar-refractivity contribution in [2.45, 2.75) is 32.0 Å². The quantitative estimate of drug-likeness (QED) is 0.453. The van der Waals surface area contributed by atoms with Gasteiger partial charge in [0.05, 0.1) is 37.5 Å². The molecular formula is C22H37N7OS. The summed E-state index contributed by atoms with van der Waals surface area (Å²) in [5, 5.41) is 13.4. The molecule has 31 heavy (non-hydrogen) atoms. The summed E-state index contributed by atoms with van der Waals surface area (Å²) in [5.74, 6) is 0.848. The van der Waals surface area contributed by atoms with E-state index in [4.69, 9.17) is 9.73 Å². The van der Waals surface area contributed by atoms with E-state index in [0.29, 0.717) is 6.54 Å². The number of aryl methyl sites for hydroxylation is 1. The van der Waals surface area contributed by atoms with Gasteiger partial charge >= 0.3 is 0 Å². The molecule has 9 heteroatoms. The summed E-state index contributed by atoms with van der Waals surface area (Å²) in [6.45, 7) is 9.19. The minimum atomic E-state index is 0.214. The van der Waals surface area contributed by atoms with Crippen LogP contribution < -0.4 is 10.6 Å². The number of nitrogens with one attached hydrogen (secondary N) is 2. The van der Waals surface area contributed by atoms with Gasteiger partial charge in [-0.3, -0.25) is 14.6 Å². The monoisotopic (exact) mass is 447 g/mol. The molecule has 0 aliphatic carbocycles. The number of guanidine groups is 1. The molecule has 3 rings (SSSR count). The van der Waals surface area contributed by atoms with Gasteiger partial charge in [0.15, 0.2) is 5.96 Å². The molecule has 0 spiro atoms. The Balaban J connectivity index is 1.70. The zero-order chi connectivity index (χ0) is 22.2. The number of nitrogens with zero attached hydrogens (tertiary/aromatic N) is 5. The van der Waals surface area contributed by atoms with Crippen molar-refractivity contribution in [3.8, 4) is 0 Å². The Morgan fingerprint density at radius 3 is 2.87 bits per heavy atom. The van der Waals surface area contributed by atoms with Crippen LogP contribution in [0.3, 0.4) is 0 Å². The summed E-state index contributed by atoms with van der Waals surface area (Å²) in [6, 6.07) is 4.82. The summed E-state index contributed by atoms with van der Waals surface area (Å²) in [4.78, 5) is 11.0. The molecule has 0 amide bonds. The summed E-state index contributed by atoms with van der Waals surface area (Å²) in [6.07, 6.45) is 4.26. The topological polar surface area (TPSA) is 70.0 Å². The van der Waals surface area contributed by atoms with E-state index in [1.165, 1.54) is 10.4 Å². The molecule has 172 valence electrons. The SMILES string of the molecule is CCNC(=NCC(c1cccs1)N1CCOC(C)C1)NCC(c1cnn(C)c1)N(C)C. The number of hydrogen-bond donors (Lipinski definition) is 2. The zero-order valence-electron chi connectivity index (χ0n) is 19.4. The van der Waals surface area contributed by atoms with Crippen molar-refractivity contribution in [2.75, 3.05) is 53.4 Å². The van der Waals surface area contributed by atoms with E-state index in [0.717, 1.165) is 38.7 Å². The van der Waals surface area contributed by atoms with Crippen molar-refractivity contribution in [1.82, 2.24) is 30.2 Å². The summed E-state index contributed by atoms with van der Waals surface area (Å²) < 4.78 is 7.61. The van der Waals surface area contributed by atoms with Gasteiger partial charge in [0.1, 0.15) is 0 Å². The van der Waals surface area contributed by atoms with Gasteiger partial charge in [0, 0.05) is 49.9 Å². The highest BCUT2D eigenvalue weighted by Crippen LogP contribution is 2.27. The van der Waals surface area contributed by atoms with Crippen LogP contribution in [0.4, 0.5) is 0 Å². The summed E-state index contributed by atoms with van der Waals surface area (Å²) in [7, 11) is 6.14. The molecule has 1 aliphatic rings.